The van der Waals surface area contributed by atoms with E-state index >= 15 is 0 Å². The Morgan fingerprint density at radius 3 is 0.500 bits per heavy atom. The summed E-state index contributed by atoms with van der Waals surface area (Å²) in [6.45, 7) is 0. The van der Waals surface area contributed by atoms with E-state index in [2.05, 4.69) is 0 Å². The molecule has 4 heteroatoms. The average molecular weight is 215 g/mol. The summed E-state index contributed by atoms with van der Waals surface area (Å²) in [6, 6.07) is 0. The third-order valence-corrected chi connectivity index (χ3v) is 0. The van der Waals surface area contributed by atoms with Gasteiger partial charge in [-0.25, -0.2) is 0 Å². The quantitative estimate of drug-likeness (QED) is 0.377. The minimum atomic E-state index is 0. The molecule has 0 aliphatic carbocycles. The average Bonchev–Trinajstić information content (AvgIpc) is 0. The SMILES string of the molecule is O.O.[SrH2].[SrH2]. The summed E-state index contributed by atoms with van der Waals surface area (Å²) in [5.74, 6) is 0. The minimum absolute atomic E-state index is 0. The van der Waals surface area contributed by atoms with E-state index in [1.165, 1.54) is 0 Å². The van der Waals surface area contributed by atoms with Crippen molar-refractivity contribution in [2.24, 2.45) is 0 Å². The molecule has 0 aliphatic rings. The molecule has 0 radical (unpaired) electrons. The fourth-order valence-corrected chi connectivity index (χ4v) is 0. The van der Waals surface area contributed by atoms with Crippen LogP contribution in [0.5, 0.6) is 0 Å². The van der Waals surface area contributed by atoms with E-state index < -0.39 is 0 Å². The van der Waals surface area contributed by atoms with Crippen molar-refractivity contribution in [2.45, 2.75) is 0 Å². The van der Waals surface area contributed by atoms with Crippen molar-refractivity contribution in [1.82, 2.24) is 0 Å². The fraction of sp³-hybridized carbons (Fsp3) is 0. The van der Waals surface area contributed by atoms with Crippen LogP contribution >= 0.6 is 0 Å². The molecule has 0 aromatic carbocycles. The Labute approximate surface area is 99.1 Å². The maximum atomic E-state index is 0. The molecule has 24 valence electrons. The molecular weight excluding hydrogens is 207 g/mol. The Balaban J connectivity index is 0. The van der Waals surface area contributed by atoms with Crippen molar-refractivity contribution < 1.29 is 11.0 Å². The van der Waals surface area contributed by atoms with E-state index in [0.29, 0.717) is 0 Å². The predicted molar refractivity (Wildman–Crippen MR) is 24.3 cm³/mol. The van der Waals surface area contributed by atoms with Gasteiger partial charge in [0.05, 0.1) is 0 Å². The Bertz CT molecular complexity index is 4.00. The second kappa shape index (κ2) is 16.9. The van der Waals surface area contributed by atoms with E-state index in [-0.39, 0.29) is 102 Å². The summed E-state index contributed by atoms with van der Waals surface area (Å²) in [7, 11) is 0. The fourth-order valence-electron chi connectivity index (χ4n) is 0. The molecule has 4 N–H and O–H groups in total. The summed E-state index contributed by atoms with van der Waals surface area (Å²) in [5.41, 5.74) is 0. The Morgan fingerprint density at radius 2 is 0.500 bits per heavy atom. The molecule has 0 saturated heterocycles. The molecule has 0 amide bonds. The molecule has 0 spiro atoms. The first kappa shape index (κ1) is 28.7. The third-order valence-electron chi connectivity index (χ3n) is 0. The molecule has 0 bridgehead atoms. The molecule has 0 saturated carbocycles. The van der Waals surface area contributed by atoms with E-state index in [1.54, 1.807) is 0 Å². The predicted octanol–water partition coefficient (Wildman–Crippen LogP) is -3.48. The number of hydrogen-bond acceptors (Lipinski definition) is 0. The molecule has 0 aromatic rings. The van der Waals surface area contributed by atoms with E-state index in [1.807, 2.05) is 0 Å². The van der Waals surface area contributed by atoms with Gasteiger partial charge in [0.15, 0.2) is 0 Å². The van der Waals surface area contributed by atoms with Crippen LogP contribution in [0.2, 0.25) is 0 Å². The summed E-state index contributed by atoms with van der Waals surface area (Å²) >= 11 is 0. The van der Waals surface area contributed by atoms with Gasteiger partial charge in [-0.1, -0.05) is 0 Å². The van der Waals surface area contributed by atoms with Gasteiger partial charge in [-0.3, -0.25) is 0 Å². The van der Waals surface area contributed by atoms with Gasteiger partial charge in [-0.05, 0) is 0 Å². The van der Waals surface area contributed by atoms with Crippen molar-refractivity contribution in [3.63, 3.8) is 0 Å². The van der Waals surface area contributed by atoms with Crippen LogP contribution in [0.25, 0.3) is 0 Å². The van der Waals surface area contributed by atoms with Gasteiger partial charge in [0.1, 0.15) is 0 Å². The Kier molecular flexibility index (Phi) is 121. The molecule has 0 unspecified atom stereocenters. The maximum absolute atomic E-state index is 0. The van der Waals surface area contributed by atoms with Crippen molar-refractivity contribution in [3.05, 3.63) is 0 Å². The van der Waals surface area contributed by atoms with Crippen LogP contribution in [0.1, 0.15) is 0 Å². The standard InChI is InChI=1S/2H2O.2Sr.4H/h2*1H2;;;;;;. The van der Waals surface area contributed by atoms with Gasteiger partial charge in [-0.15, -0.1) is 0 Å². The number of rotatable bonds is 0. The zero-order chi connectivity index (χ0) is 0. The summed E-state index contributed by atoms with van der Waals surface area (Å²) in [4.78, 5) is 0. The van der Waals surface area contributed by atoms with Gasteiger partial charge < -0.3 is 11.0 Å². The van der Waals surface area contributed by atoms with Crippen LogP contribution in [-0.2, 0) is 0 Å². The van der Waals surface area contributed by atoms with Gasteiger partial charge >= 0.3 is 91.0 Å². The zero-order valence-electron chi connectivity index (χ0n) is 1.00. The van der Waals surface area contributed by atoms with Crippen LogP contribution in [0.3, 0.4) is 0 Å². The van der Waals surface area contributed by atoms with Gasteiger partial charge in [0.2, 0.25) is 0 Å². The van der Waals surface area contributed by atoms with Gasteiger partial charge in [0, 0.05) is 0 Å². The zero-order valence-corrected chi connectivity index (χ0v) is 1.00. The Hall–Kier alpha value is 2.88. The van der Waals surface area contributed by atoms with Crippen LogP contribution in [0.4, 0.5) is 0 Å². The molecule has 0 atom stereocenters. The van der Waals surface area contributed by atoms with Crippen molar-refractivity contribution >= 4 is 91.0 Å². The first-order valence-electron chi connectivity index (χ1n) is 0. The Morgan fingerprint density at radius 1 is 0.500 bits per heavy atom. The second-order valence-corrected chi connectivity index (χ2v) is 0. The topological polar surface area (TPSA) is 63.0 Å². The van der Waals surface area contributed by atoms with E-state index in [4.69, 9.17) is 0 Å². The first-order valence-corrected chi connectivity index (χ1v) is 0. The van der Waals surface area contributed by atoms with Crippen molar-refractivity contribution in [2.75, 3.05) is 0 Å². The van der Waals surface area contributed by atoms with Gasteiger partial charge in [0.25, 0.3) is 0 Å². The summed E-state index contributed by atoms with van der Waals surface area (Å²) in [5, 5.41) is 0. The molecule has 0 aliphatic heterocycles. The summed E-state index contributed by atoms with van der Waals surface area (Å²) in [6.07, 6.45) is 0. The molecule has 0 aromatic heterocycles. The van der Waals surface area contributed by atoms with Crippen LogP contribution in [0.15, 0.2) is 0 Å². The molecule has 0 fully saturated rings. The monoisotopic (exact) mass is 216 g/mol. The molecule has 4 heavy (non-hydrogen) atoms. The van der Waals surface area contributed by atoms with Crippen LogP contribution in [0, 0.1) is 0 Å². The molecule has 2 nitrogen and oxygen atoms in total. The molecule has 0 heterocycles. The van der Waals surface area contributed by atoms with Crippen LogP contribution < -0.4 is 0 Å². The van der Waals surface area contributed by atoms with Crippen molar-refractivity contribution in [3.8, 4) is 0 Å². The van der Waals surface area contributed by atoms with E-state index in [9.17, 15) is 0 Å². The molecular formula is H8O2Sr2. The first-order chi connectivity index (χ1) is 0. The normalized spacial score (nSPS) is 0. The molecule has 0 rings (SSSR count). The summed E-state index contributed by atoms with van der Waals surface area (Å²) < 4.78 is 0. The second-order valence-electron chi connectivity index (χ2n) is 0. The van der Waals surface area contributed by atoms with Crippen molar-refractivity contribution in [1.29, 1.82) is 0 Å². The van der Waals surface area contributed by atoms with Gasteiger partial charge in [-0.2, -0.15) is 0 Å². The van der Waals surface area contributed by atoms with E-state index in [0.717, 1.165) is 0 Å². The third kappa shape index (κ3) is 8.86. The number of hydrogen-bond donors (Lipinski definition) is 0. The van der Waals surface area contributed by atoms with Crippen LogP contribution in [-0.4, -0.2) is 102 Å².